The lowest BCUT2D eigenvalue weighted by atomic mass is 9.95. The van der Waals surface area contributed by atoms with Crippen LogP contribution < -0.4 is 10.1 Å². The molecular formula is C18H25N3O2. The normalized spacial score (nSPS) is 15.8. The Labute approximate surface area is 138 Å². The lowest BCUT2D eigenvalue weighted by molar-refractivity contribution is -0.126. The Kier molecular flexibility index (Phi) is 6.89. The van der Waals surface area contributed by atoms with E-state index in [2.05, 4.69) is 16.3 Å². The van der Waals surface area contributed by atoms with Crippen LogP contribution in [0.1, 0.15) is 31.2 Å². The van der Waals surface area contributed by atoms with Gasteiger partial charge in [-0.05, 0) is 56.6 Å². The quantitative estimate of drug-likeness (QED) is 0.784. The van der Waals surface area contributed by atoms with E-state index in [0.29, 0.717) is 13.0 Å². The SMILES string of the molecule is COc1ccc(CNC(=O)C2CCN(CCCC#N)CC2)cc1. The molecule has 1 aliphatic heterocycles. The predicted molar refractivity (Wildman–Crippen MR) is 88.9 cm³/mol. The second kappa shape index (κ2) is 9.16. The number of ether oxygens (including phenoxy) is 1. The average molecular weight is 315 g/mol. The fraction of sp³-hybridized carbons (Fsp3) is 0.556. The Balaban J connectivity index is 1.69. The van der Waals surface area contributed by atoms with E-state index in [9.17, 15) is 4.79 Å². The number of hydrogen-bond donors (Lipinski definition) is 1. The third kappa shape index (κ3) is 5.57. The van der Waals surface area contributed by atoms with Crippen LogP contribution in [0, 0.1) is 17.2 Å². The molecule has 0 atom stereocenters. The fourth-order valence-electron chi connectivity index (χ4n) is 2.88. The maximum atomic E-state index is 12.3. The van der Waals surface area contributed by atoms with Crippen molar-refractivity contribution in [2.75, 3.05) is 26.7 Å². The Bertz CT molecular complexity index is 528. The van der Waals surface area contributed by atoms with Gasteiger partial charge in [0.15, 0.2) is 0 Å². The number of nitrogens with one attached hydrogen (secondary N) is 1. The summed E-state index contributed by atoms with van der Waals surface area (Å²) in [6.45, 7) is 3.43. The lowest BCUT2D eigenvalue weighted by Crippen LogP contribution is -2.40. The Morgan fingerprint density at radius 3 is 2.65 bits per heavy atom. The number of unbranched alkanes of at least 4 members (excludes halogenated alkanes) is 1. The monoisotopic (exact) mass is 315 g/mol. The minimum Gasteiger partial charge on any atom is -0.497 e. The number of carbonyl (C=O) groups excluding carboxylic acids is 1. The number of hydrogen-bond acceptors (Lipinski definition) is 4. The van der Waals surface area contributed by atoms with Gasteiger partial charge >= 0.3 is 0 Å². The molecule has 2 rings (SSSR count). The molecule has 5 nitrogen and oxygen atoms in total. The maximum Gasteiger partial charge on any atom is 0.223 e. The van der Waals surface area contributed by atoms with Crippen LogP contribution >= 0.6 is 0 Å². The molecule has 1 fully saturated rings. The zero-order valence-corrected chi connectivity index (χ0v) is 13.8. The van der Waals surface area contributed by atoms with E-state index in [-0.39, 0.29) is 11.8 Å². The van der Waals surface area contributed by atoms with E-state index in [1.165, 1.54) is 0 Å². The summed E-state index contributed by atoms with van der Waals surface area (Å²) in [5, 5.41) is 11.6. The molecule has 0 spiro atoms. The smallest absolute Gasteiger partial charge is 0.223 e. The van der Waals surface area contributed by atoms with Crippen LogP contribution in [0.3, 0.4) is 0 Å². The van der Waals surface area contributed by atoms with Gasteiger partial charge in [-0.15, -0.1) is 0 Å². The van der Waals surface area contributed by atoms with Crippen molar-refractivity contribution >= 4 is 5.91 Å². The van der Waals surface area contributed by atoms with Crippen molar-refractivity contribution in [3.05, 3.63) is 29.8 Å². The number of likely N-dealkylation sites (tertiary alicyclic amines) is 1. The molecule has 0 bridgehead atoms. The number of amides is 1. The number of methoxy groups -OCH3 is 1. The number of nitriles is 1. The van der Waals surface area contributed by atoms with Crippen LogP contribution in [0.2, 0.25) is 0 Å². The number of nitrogens with zero attached hydrogens (tertiary/aromatic N) is 2. The summed E-state index contributed by atoms with van der Waals surface area (Å²) < 4.78 is 5.13. The molecule has 1 aromatic rings. The summed E-state index contributed by atoms with van der Waals surface area (Å²) in [6.07, 6.45) is 3.34. The third-order valence-corrected chi connectivity index (χ3v) is 4.35. The molecule has 1 saturated heterocycles. The summed E-state index contributed by atoms with van der Waals surface area (Å²) in [5.74, 6) is 1.09. The Morgan fingerprint density at radius 2 is 2.04 bits per heavy atom. The highest BCUT2D eigenvalue weighted by atomic mass is 16.5. The lowest BCUT2D eigenvalue weighted by Gasteiger charge is -2.31. The van der Waals surface area contributed by atoms with E-state index < -0.39 is 0 Å². The van der Waals surface area contributed by atoms with Crippen molar-refractivity contribution in [1.29, 1.82) is 5.26 Å². The molecule has 1 amide bonds. The zero-order valence-electron chi connectivity index (χ0n) is 13.8. The van der Waals surface area contributed by atoms with E-state index in [1.54, 1.807) is 7.11 Å². The number of carbonyl (C=O) groups is 1. The summed E-state index contributed by atoms with van der Waals surface area (Å²) in [6, 6.07) is 9.92. The minimum absolute atomic E-state index is 0.112. The summed E-state index contributed by atoms with van der Waals surface area (Å²) in [5.41, 5.74) is 1.08. The van der Waals surface area contributed by atoms with Crippen molar-refractivity contribution in [3.63, 3.8) is 0 Å². The number of benzene rings is 1. The van der Waals surface area contributed by atoms with E-state index >= 15 is 0 Å². The van der Waals surface area contributed by atoms with Crippen molar-refractivity contribution in [3.8, 4) is 11.8 Å². The predicted octanol–water partition coefficient (Wildman–Crippen LogP) is 2.33. The van der Waals surface area contributed by atoms with Gasteiger partial charge in [0.25, 0.3) is 0 Å². The summed E-state index contributed by atoms with van der Waals surface area (Å²) in [7, 11) is 1.64. The third-order valence-electron chi connectivity index (χ3n) is 4.35. The number of piperidine rings is 1. The molecule has 23 heavy (non-hydrogen) atoms. The molecule has 0 unspecified atom stereocenters. The summed E-state index contributed by atoms with van der Waals surface area (Å²) in [4.78, 5) is 14.6. The second-order valence-corrected chi connectivity index (χ2v) is 5.94. The van der Waals surface area contributed by atoms with Gasteiger partial charge in [-0.25, -0.2) is 0 Å². The van der Waals surface area contributed by atoms with Crippen LogP contribution in [-0.4, -0.2) is 37.6 Å². The first-order chi connectivity index (χ1) is 11.2. The van der Waals surface area contributed by atoms with Gasteiger partial charge in [0.05, 0.1) is 13.2 Å². The molecule has 0 aliphatic carbocycles. The molecule has 124 valence electrons. The standard InChI is InChI=1S/C18H25N3O2/c1-23-17-6-4-15(5-7-17)14-20-18(22)16-8-12-21(13-9-16)11-3-2-10-19/h4-7,16H,2-3,8-9,11-14H2,1H3,(H,20,22). The molecular weight excluding hydrogens is 290 g/mol. The van der Waals surface area contributed by atoms with Crippen molar-refractivity contribution in [2.45, 2.75) is 32.2 Å². The van der Waals surface area contributed by atoms with Crippen molar-refractivity contribution in [1.82, 2.24) is 10.2 Å². The highest BCUT2D eigenvalue weighted by Gasteiger charge is 2.24. The van der Waals surface area contributed by atoms with Crippen molar-refractivity contribution < 1.29 is 9.53 Å². The minimum atomic E-state index is 0.112. The largest absolute Gasteiger partial charge is 0.497 e. The van der Waals surface area contributed by atoms with Crippen LogP contribution in [0.4, 0.5) is 0 Å². The molecule has 1 N–H and O–H groups in total. The van der Waals surface area contributed by atoms with E-state index in [1.807, 2.05) is 24.3 Å². The maximum absolute atomic E-state index is 12.3. The van der Waals surface area contributed by atoms with Crippen LogP contribution in [0.15, 0.2) is 24.3 Å². The molecule has 1 heterocycles. The van der Waals surface area contributed by atoms with Gasteiger partial charge in [0, 0.05) is 18.9 Å². The van der Waals surface area contributed by atoms with Crippen molar-refractivity contribution in [2.24, 2.45) is 5.92 Å². The van der Waals surface area contributed by atoms with Gasteiger partial charge in [0.2, 0.25) is 5.91 Å². The zero-order chi connectivity index (χ0) is 16.5. The van der Waals surface area contributed by atoms with Crippen LogP contribution in [0.5, 0.6) is 5.75 Å². The Morgan fingerprint density at radius 1 is 1.35 bits per heavy atom. The highest BCUT2D eigenvalue weighted by molar-refractivity contribution is 5.78. The van der Waals surface area contributed by atoms with Crippen LogP contribution in [0.25, 0.3) is 0 Å². The first-order valence-corrected chi connectivity index (χ1v) is 8.23. The summed E-state index contributed by atoms with van der Waals surface area (Å²) >= 11 is 0. The molecule has 1 aliphatic rings. The number of rotatable bonds is 7. The fourth-order valence-corrected chi connectivity index (χ4v) is 2.88. The van der Waals surface area contributed by atoms with Gasteiger partial charge < -0.3 is 15.0 Å². The topological polar surface area (TPSA) is 65.4 Å². The van der Waals surface area contributed by atoms with Gasteiger partial charge in [-0.3, -0.25) is 4.79 Å². The first kappa shape index (κ1) is 17.3. The van der Waals surface area contributed by atoms with Gasteiger partial charge in [-0.2, -0.15) is 5.26 Å². The Hall–Kier alpha value is -2.06. The average Bonchev–Trinajstić information content (AvgIpc) is 2.61. The highest BCUT2D eigenvalue weighted by Crippen LogP contribution is 2.18. The van der Waals surface area contributed by atoms with E-state index in [4.69, 9.17) is 10.00 Å². The van der Waals surface area contributed by atoms with E-state index in [0.717, 1.165) is 50.2 Å². The molecule has 0 saturated carbocycles. The van der Waals surface area contributed by atoms with Gasteiger partial charge in [-0.1, -0.05) is 12.1 Å². The molecule has 0 radical (unpaired) electrons. The second-order valence-electron chi connectivity index (χ2n) is 5.94. The molecule has 0 aromatic heterocycles. The molecule has 5 heteroatoms. The first-order valence-electron chi connectivity index (χ1n) is 8.23. The van der Waals surface area contributed by atoms with Gasteiger partial charge in [0.1, 0.15) is 5.75 Å². The van der Waals surface area contributed by atoms with Crippen LogP contribution in [-0.2, 0) is 11.3 Å². The molecule has 1 aromatic carbocycles.